The molecule has 0 unspecified atom stereocenters. The lowest BCUT2D eigenvalue weighted by molar-refractivity contribution is 0.0479. The van der Waals surface area contributed by atoms with Crippen molar-refractivity contribution in [2.75, 3.05) is 19.8 Å². The van der Waals surface area contributed by atoms with E-state index < -0.39 is 5.97 Å². The number of ether oxygens (including phenoxy) is 3. The molecule has 0 radical (unpaired) electrons. The number of thiophene rings is 1. The zero-order chi connectivity index (χ0) is 20.5. The smallest absolute Gasteiger partial charge is 0.348 e. The molecule has 0 saturated heterocycles. The minimum atomic E-state index is -0.529. The Balaban J connectivity index is 1.25. The van der Waals surface area contributed by atoms with Gasteiger partial charge in [-0.2, -0.15) is 0 Å². The summed E-state index contributed by atoms with van der Waals surface area (Å²) in [7, 11) is 0. The van der Waals surface area contributed by atoms with Crippen molar-refractivity contribution in [2.24, 2.45) is 0 Å². The van der Waals surface area contributed by atoms with Gasteiger partial charge in [-0.15, -0.1) is 22.7 Å². The number of nitrogens with zero attached hydrogens (tertiary/aromatic N) is 1. The van der Waals surface area contributed by atoms with Crippen LogP contribution in [0.25, 0.3) is 20.1 Å². The fourth-order valence-electron chi connectivity index (χ4n) is 3.04. The Bertz CT molecular complexity index is 1230. The summed E-state index contributed by atoms with van der Waals surface area (Å²) in [5, 5.41) is 0.854. The summed E-state index contributed by atoms with van der Waals surface area (Å²) in [6.07, 6.45) is 0. The first-order chi connectivity index (χ1) is 14.7. The summed E-state index contributed by atoms with van der Waals surface area (Å²) in [4.78, 5) is 30.7. The van der Waals surface area contributed by atoms with Crippen LogP contribution < -0.4 is 9.47 Å². The zero-order valence-corrected chi connectivity index (χ0v) is 17.3. The number of thiazole rings is 1. The quantitative estimate of drug-likeness (QED) is 0.329. The van der Waals surface area contributed by atoms with Crippen molar-refractivity contribution >= 4 is 44.6 Å². The number of benzene rings is 2. The minimum absolute atomic E-state index is 0.303. The van der Waals surface area contributed by atoms with E-state index in [4.69, 9.17) is 14.2 Å². The van der Waals surface area contributed by atoms with E-state index in [1.54, 1.807) is 35.6 Å². The standard InChI is InChI=1S/C22H15NO5S2/c24-15(13-5-6-16-17(11-13)27-10-9-26-16)12-28-22(25)20-8-7-19(29-20)21-23-14-3-1-2-4-18(14)30-21/h1-8,11H,9-10,12H2. The second kappa shape index (κ2) is 7.89. The lowest BCUT2D eigenvalue weighted by Crippen LogP contribution is -2.17. The van der Waals surface area contributed by atoms with Crippen molar-refractivity contribution in [3.05, 3.63) is 65.0 Å². The number of ketones is 1. The summed E-state index contributed by atoms with van der Waals surface area (Å²) in [5.74, 6) is 0.300. The molecule has 0 amide bonds. The van der Waals surface area contributed by atoms with Gasteiger partial charge in [-0.1, -0.05) is 12.1 Å². The van der Waals surface area contributed by atoms with Gasteiger partial charge in [-0.25, -0.2) is 9.78 Å². The Morgan fingerprint density at radius 2 is 1.80 bits per heavy atom. The lowest BCUT2D eigenvalue weighted by atomic mass is 10.1. The van der Waals surface area contributed by atoms with Gasteiger partial charge in [0.05, 0.1) is 15.1 Å². The van der Waals surface area contributed by atoms with Crippen LogP contribution in [0.4, 0.5) is 0 Å². The van der Waals surface area contributed by atoms with Crippen LogP contribution in [0.5, 0.6) is 11.5 Å². The molecule has 0 bridgehead atoms. The number of hydrogen-bond donors (Lipinski definition) is 0. The molecule has 30 heavy (non-hydrogen) atoms. The van der Waals surface area contributed by atoms with Crippen LogP contribution in [0.3, 0.4) is 0 Å². The average Bonchev–Trinajstić information content (AvgIpc) is 3.44. The Morgan fingerprint density at radius 3 is 2.67 bits per heavy atom. The molecular weight excluding hydrogens is 422 g/mol. The molecule has 4 aromatic rings. The Morgan fingerprint density at radius 1 is 0.967 bits per heavy atom. The number of Topliss-reactive ketones (excluding diaryl/α,β-unsaturated/α-hetero) is 1. The van der Waals surface area contributed by atoms with E-state index in [0.29, 0.717) is 35.2 Å². The van der Waals surface area contributed by atoms with Gasteiger partial charge < -0.3 is 14.2 Å². The molecule has 0 fully saturated rings. The van der Waals surface area contributed by atoms with Crippen LogP contribution in [-0.2, 0) is 4.74 Å². The SMILES string of the molecule is O=C(COC(=O)c1ccc(-c2nc3ccccc3s2)s1)c1ccc2c(c1)OCCO2. The highest BCUT2D eigenvalue weighted by atomic mass is 32.1. The summed E-state index contributed by atoms with van der Waals surface area (Å²) in [5.41, 5.74) is 1.34. The van der Waals surface area contributed by atoms with E-state index >= 15 is 0 Å². The Hall–Kier alpha value is -3.23. The third kappa shape index (κ3) is 3.67. The van der Waals surface area contributed by atoms with Crippen molar-refractivity contribution in [1.82, 2.24) is 4.98 Å². The van der Waals surface area contributed by atoms with Crippen molar-refractivity contribution in [1.29, 1.82) is 0 Å². The first-order valence-electron chi connectivity index (χ1n) is 9.23. The molecule has 6 nitrogen and oxygen atoms in total. The zero-order valence-electron chi connectivity index (χ0n) is 15.6. The third-order valence-corrected chi connectivity index (χ3v) is 6.78. The van der Waals surface area contributed by atoms with Crippen LogP contribution in [0.1, 0.15) is 20.0 Å². The van der Waals surface area contributed by atoms with Crippen LogP contribution in [0, 0.1) is 0 Å². The van der Waals surface area contributed by atoms with Crippen LogP contribution >= 0.6 is 22.7 Å². The van der Waals surface area contributed by atoms with E-state index in [1.165, 1.54) is 11.3 Å². The number of hydrogen-bond acceptors (Lipinski definition) is 8. The molecule has 3 heterocycles. The van der Waals surface area contributed by atoms with Crippen LogP contribution in [0.2, 0.25) is 0 Å². The van der Waals surface area contributed by atoms with Crippen molar-refractivity contribution in [3.8, 4) is 21.4 Å². The van der Waals surface area contributed by atoms with Gasteiger partial charge >= 0.3 is 5.97 Å². The van der Waals surface area contributed by atoms with E-state index in [1.807, 2.05) is 30.3 Å². The van der Waals surface area contributed by atoms with Gasteiger partial charge in [-0.05, 0) is 42.5 Å². The fourth-order valence-corrected chi connectivity index (χ4v) is 4.96. The monoisotopic (exact) mass is 437 g/mol. The fraction of sp³-hybridized carbons (Fsp3) is 0.136. The number of rotatable bonds is 5. The summed E-state index contributed by atoms with van der Waals surface area (Å²) in [6.45, 7) is 0.583. The molecule has 0 spiro atoms. The lowest BCUT2D eigenvalue weighted by Gasteiger charge is -2.18. The van der Waals surface area contributed by atoms with Gasteiger partial charge in [0.2, 0.25) is 0 Å². The Kier molecular flexibility index (Phi) is 4.94. The number of esters is 1. The molecule has 0 atom stereocenters. The second-order valence-electron chi connectivity index (χ2n) is 6.51. The molecule has 8 heteroatoms. The maximum absolute atomic E-state index is 12.4. The van der Waals surface area contributed by atoms with Crippen molar-refractivity contribution in [3.63, 3.8) is 0 Å². The molecule has 0 N–H and O–H groups in total. The van der Waals surface area contributed by atoms with Gasteiger partial charge in [0, 0.05) is 5.56 Å². The highest BCUT2D eigenvalue weighted by molar-refractivity contribution is 7.26. The number of aromatic nitrogens is 1. The summed E-state index contributed by atoms with van der Waals surface area (Å²) in [6, 6.07) is 16.4. The largest absolute Gasteiger partial charge is 0.486 e. The van der Waals surface area contributed by atoms with Gasteiger partial charge in [0.25, 0.3) is 0 Å². The predicted molar refractivity (Wildman–Crippen MR) is 115 cm³/mol. The van der Waals surface area contributed by atoms with E-state index in [-0.39, 0.29) is 12.4 Å². The van der Waals surface area contributed by atoms with Crippen LogP contribution in [0.15, 0.2) is 54.6 Å². The number of para-hydroxylation sites is 1. The highest BCUT2D eigenvalue weighted by Gasteiger charge is 2.18. The number of fused-ring (bicyclic) bond motifs is 2. The highest BCUT2D eigenvalue weighted by Crippen LogP contribution is 2.35. The average molecular weight is 437 g/mol. The normalized spacial score (nSPS) is 12.7. The van der Waals surface area contributed by atoms with Gasteiger partial charge in [0.1, 0.15) is 23.1 Å². The van der Waals surface area contributed by atoms with E-state index in [9.17, 15) is 9.59 Å². The summed E-state index contributed by atoms with van der Waals surface area (Å²) < 4.78 is 17.3. The first kappa shape index (κ1) is 18.8. The molecule has 0 saturated carbocycles. The molecule has 1 aliphatic rings. The molecule has 2 aromatic heterocycles. The molecule has 2 aromatic carbocycles. The van der Waals surface area contributed by atoms with Crippen molar-refractivity contribution in [2.45, 2.75) is 0 Å². The molecule has 1 aliphatic heterocycles. The predicted octanol–water partition coefficient (Wildman–Crippen LogP) is 4.84. The van der Waals surface area contributed by atoms with Gasteiger partial charge in [-0.3, -0.25) is 4.79 Å². The van der Waals surface area contributed by atoms with Crippen molar-refractivity contribution < 1.29 is 23.8 Å². The third-order valence-electron chi connectivity index (χ3n) is 4.51. The molecule has 150 valence electrons. The minimum Gasteiger partial charge on any atom is -0.486 e. The first-order valence-corrected chi connectivity index (χ1v) is 10.9. The molecule has 0 aliphatic carbocycles. The second-order valence-corrected chi connectivity index (χ2v) is 8.62. The van der Waals surface area contributed by atoms with E-state index in [2.05, 4.69) is 4.98 Å². The maximum Gasteiger partial charge on any atom is 0.348 e. The summed E-state index contributed by atoms with van der Waals surface area (Å²) >= 11 is 2.87. The van der Waals surface area contributed by atoms with Crippen LogP contribution in [-0.4, -0.2) is 36.6 Å². The molecule has 5 rings (SSSR count). The molecular formula is C22H15NO5S2. The number of carbonyl (C=O) groups is 2. The van der Waals surface area contributed by atoms with Gasteiger partial charge in [0.15, 0.2) is 23.9 Å². The topological polar surface area (TPSA) is 74.7 Å². The maximum atomic E-state index is 12.4. The Labute approximate surface area is 179 Å². The van der Waals surface area contributed by atoms with E-state index in [0.717, 1.165) is 20.1 Å². The number of carbonyl (C=O) groups excluding carboxylic acids is 2.